The number of rotatable bonds is 4. The van der Waals surface area contributed by atoms with Crippen LogP contribution in [0.15, 0.2) is 23.1 Å². The monoisotopic (exact) mass is 258 g/mol. The van der Waals surface area contributed by atoms with E-state index in [-0.39, 0.29) is 11.9 Å². The van der Waals surface area contributed by atoms with Crippen molar-refractivity contribution in [3.63, 3.8) is 0 Å². The second kappa shape index (κ2) is 6.01. The van der Waals surface area contributed by atoms with Crippen LogP contribution < -0.4 is 11.1 Å². The highest BCUT2D eigenvalue weighted by Crippen LogP contribution is 2.27. The van der Waals surface area contributed by atoms with Gasteiger partial charge in [0.05, 0.1) is 5.75 Å². The highest BCUT2D eigenvalue weighted by Gasteiger charge is 2.06. The predicted molar refractivity (Wildman–Crippen MR) is 69.9 cm³/mol. The fourth-order valence-corrected chi connectivity index (χ4v) is 2.10. The Morgan fingerprint density at radius 1 is 1.56 bits per heavy atom. The average molecular weight is 259 g/mol. The summed E-state index contributed by atoms with van der Waals surface area (Å²) >= 11 is 7.19. The Morgan fingerprint density at radius 2 is 2.25 bits per heavy atom. The summed E-state index contributed by atoms with van der Waals surface area (Å²) in [5.74, 6) is 0.374. The van der Waals surface area contributed by atoms with Crippen molar-refractivity contribution in [1.29, 1.82) is 0 Å². The largest absolute Gasteiger partial charge is 0.398 e. The first kappa shape index (κ1) is 13.2. The Labute approximate surface area is 105 Å². The maximum atomic E-state index is 11.4. The summed E-state index contributed by atoms with van der Waals surface area (Å²) in [4.78, 5) is 12.3. The molecule has 1 amide bonds. The number of carbonyl (C=O) groups excluding carboxylic acids is 1. The van der Waals surface area contributed by atoms with Gasteiger partial charge in [-0.15, -0.1) is 11.8 Å². The molecular formula is C11H15ClN2OS. The zero-order chi connectivity index (χ0) is 12.1. The molecule has 0 aliphatic heterocycles. The Morgan fingerprint density at radius 3 is 2.81 bits per heavy atom. The number of thioether (sulfide) groups is 1. The normalized spacial score (nSPS) is 10.5. The van der Waals surface area contributed by atoms with Gasteiger partial charge in [-0.3, -0.25) is 4.79 Å². The van der Waals surface area contributed by atoms with Crippen molar-refractivity contribution in [2.75, 3.05) is 11.5 Å². The molecular weight excluding hydrogens is 244 g/mol. The highest BCUT2D eigenvalue weighted by molar-refractivity contribution is 8.00. The molecule has 0 heterocycles. The van der Waals surface area contributed by atoms with Gasteiger partial charge in [0, 0.05) is 21.6 Å². The number of hydrogen-bond donors (Lipinski definition) is 2. The van der Waals surface area contributed by atoms with E-state index in [0.29, 0.717) is 16.5 Å². The lowest BCUT2D eigenvalue weighted by molar-refractivity contribution is -0.119. The molecule has 3 nitrogen and oxygen atoms in total. The number of anilines is 1. The minimum Gasteiger partial charge on any atom is -0.398 e. The van der Waals surface area contributed by atoms with Gasteiger partial charge in [0.25, 0.3) is 0 Å². The molecule has 0 atom stereocenters. The second-order valence-corrected chi connectivity index (χ2v) is 5.15. The van der Waals surface area contributed by atoms with E-state index in [0.717, 1.165) is 4.90 Å². The van der Waals surface area contributed by atoms with Crippen LogP contribution in [-0.2, 0) is 4.79 Å². The molecule has 0 unspecified atom stereocenters. The van der Waals surface area contributed by atoms with E-state index in [9.17, 15) is 4.79 Å². The zero-order valence-electron chi connectivity index (χ0n) is 9.29. The number of benzene rings is 1. The van der Waals surface area contributed by atoms with Gasteiger partial charge in [-0.1, -0.05) is 11.6 Å². The van der Waals surface area contributed by atoms with E-state index in [1.165, 1.54) is 11.8 Å². The minimum atomic E-state index is 0.00866. The maximum Gasteiger partial charge on any atom is 0.230 e. The first-order chi connectivity index (χ1) is 7.49. The molecule has 0 spiro atoms. The summed E-state index contributed by atoms with van der Waals surface area (Å²) in [6, 6.07) is 5.44. The number of halogens is 1. The zero-order valence-corrected chi connectivity index (χ0v) is 10.9. The van der Waals surface area contributed by atoms with E-state index < -0.39 is 0 Å². The van der Waals surface area contributed by atoms with Gasteiger partial charge in [0.1, 0.15) is 0 Å². The molecule has 16 heavy (non-hydrogen) atoms. The van der Waals surface area contributed by atoms with E-state index in [1.54, 1.807) is 12.1 Å². The summed E-state index contributed by atoms with van der Waals surface area (Å²) in [6.07, 6.45) is 0. The first-order valence-corrected chi connectivity index (χ1v) is 6.32. The fourth-order valence-electron chi connectivity index (χ4n) is 1.16. The van der Waals surface area contributed by atoms with Crippen LogP contribution in [0.5, 0.6) is 0 Å². The van der Waals surface area contributed by atoms with Crippen molar-refractivity contribution in [2.24, 2.45) is 0 Å². The van der Waals surface area contributed by atoms with Crippen molar-refractivity contribution in [1.82, 2.24) is 5.32 Å². The molecule has 0 aromatic heterocycles. The summed E-state index contributed by atoms with van der Waals surface area (Å²) < 4.78 is 0. The Balaban J connectivity index is 2.51. The number of amides is 1. The molecule has 0 aliphatic rings. The second-order valence-electron chi connectivity index (χ2n) is 3.69. The molecule has 0 saturated heterocycles. The van der Waals surface area contributed by atoms with Gasteiger partial charge >= 0.3 is 0 Å². The molecule has 1 rings (SSSR count). The standard InChI is InChI=1S/C11H15ClN2OS/c1-7(2)14-11(15)6-16-10-4-3-8(12)5-9(10)13/h3-5,7H,6,13H2,1-2H3,(H,14,15). The van der Waals surface area contributed by atoms with Crippen LogP contribution in [0.25, 0.3) is 0 Å². The van der Waals surface area contributed by atoms with Gasteiger partial charge in [-0.05, 0) is 32.0 Å². The van der Waals surface area contributed by atoms with Crippen molar-refractivity contribution < 1.29 is 4.79 Å². The number of nitrogens with one attached hydrogen (secondary N) is 1. The van der Waals surface area contributed by atoms with Crippen molar-refractivity contribution >= 4 is 35.0 Å². The molecule has 0 saturated carbocycles. The topological polar surface area (TPSA) is 55.1 Å². The number of nitrogen functional groups attached to an aromatic ring is 1. The molecule has 1 aromatic carbocycles. The third-order valence-electron chi connectivity index (χ3n) is 1.78. The molecule has 0 aliphatic carbocycles. The van der Waals surface area contributed by atoms with Crippen molar-refractivity contribution in [3.8, 4) is 0 Å². The SMILES string of the molecule is CC(C)NC(=O)CSc1ccc(Cl)cc1N. The predicted octanol–water partition coefficient (Wildman–Crippen LogP) is 2.54. The Kier molecular flexibility index (Phi) is 4.96. The lowest BCUT2D eigenvalue weighted by atomic mass is 10.3. The van der Waals surface area contributed by atoms with Crippen LogP contribution in [0, 0.1) is 0 Å². The molecule has 0 radical (unpaired) electrons. The molecule has 88 valence electrons. The van der Waals surface area contributed by atoms with Crippen LogP contribution in [0.2, 0.25) is 5.02 Å². The Bertz CT molecular complexity index is 382. The summed E-state index contributed by atoms with van der Waals surface area (Å²) in [5, 5.41) is 3.42. The molecule has 0 bridgehead atoms. The number of hydrogen-bond acceptors (Lipinski definition) is 3. The van der Waals surface area contributed by atoms with Crippen LogP contribution in [-0.4, -0.2) is 17.7 Å². The van der Waals surface area contributed by atoms with Crippen LogP contribution in [0.4, 0.5) is 5.69 Å². The lowest BCUT2D eigenvalue weighted by Gasteiger charge is -2.09. The van der Waals surface area contributed by atoms with E-state index >= 15 is 0 Å². The highest BCUT2D eigenvalue weighted by atomic mass is 35.5. The summed E-state index contributed by atoms with van der Waals surface area (Å²) in [7, 11) is 0. The molecule has 1 aromatic rings. The first-order valence-electron chi connectivity index (χ1n) is 4.96. The van der Waals surface area contributed by atoms with Crippen molar-refractivity contribution in [2.45, 2.75) is 24.8 Å². The average Bonchev–Trinajstić information content (AvgIpc) is 2.15. The third-order valence-corrected chi connectivity index (χ3v) is 3.10. The van der Waals surface area contributed by atoms with Gasteiger partial charge in [-0.2, -0.15) is 0 Å². The van der Waals surface area contributed by atoms with Gasteiger partial charge < -0.3 is 11.1 Å². The minimum absolute atomic E-state index is 0.00866. The Hall–Kier alpha value is -0.870. The van der Waals surface area contributed by atoms with Crippen LogP contribution in [0.1, 0.15) is 13.8 Å². The third kappa shape index (κ3) is 4.33. The van der Waals surface area contributed by atoms with E-state index in [4.69, 9.17) is 17.3 Å². The van der Waals surface area contributed by atoms with E-state index in [1.807, 2.05) is 19.9 Å². The van der Waals surface area contributed by atoms with E-state index in [2.05, 4.69) is 5.32 Å². The lowest BCUT2D eigenvalue weighted by Crippen LogP contribution is -2.31. The summed E-state index contributed by atoms with van der Waals surface area (Å²) in [5.41, 5.74) is 6.38. The van der Waals surface area contributed by atoms with Crippen LogP contribution >= 0.6 is 23.4 Å². The smallest absolute Gasteiger partial charge is 0.230 e. The number of nitrogens with two attached hydrogens (primary N) is 1. The molecule has 3 N–H and O–H groups in total. The number of carbonyl (C=O) groups is 1. The van der Waals surface area contributed by atoms with Gasteiger partial charge in [-0.25, -0.2) is 0 Å². The fraction of sp³-hybridized carbons (Fsp3) is 0.364. The summed E-state index contributed by atoms with van der Waals surface area (Å²) in [6.45, 7) is 3.86. The molecule has 5 heteroatoms. The quantitative estimate of drug-likeness (QED) is 0.645. The molecule has 0 fully saturated rings. The van der Waals surface area contributed by atoms with Gasteiger partial charge in [0.2, 0.25) is 5.91 Å². The van der Waals surface area contributed by atoms with Crippen molar-refractivity contribution in [3.05, 3.63) is 23.2 Å². The van der Waals surface area contributed by atoms with Crippen LogP contribution in [0.3, 0.4) is 0 Å². The maximum absolute atomic E-state index is 11.4. The van der Waals surface area contributed by atoms with Gasteiger partial charge in [0.15, 0.2) is 0 Å².